The van der Waals surface area contributed by atoms with Crippen molar-refractivity contribution in [1.82, 2.24) is 20.0 Å². The van der Waals surface area contributed by atoms with Crippen molar-refractivity contribution in [2.75, 3.05) is 26.2 Å². The van der Waals surface area contributed by atoms with Crippen LogP contribution in [0.5, 0.6) is 0 Å². The minimum absolute atomic E-state index is 0.159. The number of fused-ring (bicyclic) bond motifs is 1. The fraction of sp³-hybridized carbons (Fsp3) is 0.826. The molecule has 0 radical (unpaired) electrons. The number of hydrogen-bond donors (Lipinski definition) is 1. The second kappa shape index (κ2) is 9.61. The first-order valence-electron chi connectivity index (χ1n) is 11.8. The molecule has 0 aromatic carbocycles. The Kier molecular flexibility index (Phi) is 6.91. The van der Waals surface area contributed by atoms with Gasteiger partial charge in [-0.3, -0.25) is 9.48 Å². The fourth-order valence-electron chi connectivity index (χ4n) is 4.77. The lowest BCUT2D eigenvalue weighted by molar-refractivity contribution is -0.121. The summed E-state index contributed by atoms with van der Waals surface area (Å²) in [6, 6.07) is 0.652. The summed E-state index contributed by atoms with van der Waals surface area (Å²) in [5, 5.41) is 8.02. The Morgan fingerprint density at radius 1 is 1.21 bits per heavy atom. The van der Waals surface area contributed by atoms with Crippen LogP contribution in [0.3, 0.4) is 0 Å². The van der Waals surface area contributed by atoms with E-state index in [0.29, 0.717) is 19.1 Å². The van der Waals surface area contributed by atoms with Gasteiger partial charge in [-0.25, -0.2) is 0 Å². The second-order valence-electron chi connectivity index (χ2n) is 9.51. The van der Waals surface area contributed by atoms with Crippen molar-refractivity contribution in [3.05, 3.63) is 17.0 Å². The number of piperidine rings is 1. The Bertz CT molecular complexity index is 687. The maximum absolute atomic E-state index is 12.4. The molecular formula is C23H38N4O2. The van der Waals surface area contributed by atoms with Crippen LogP contribution >= 0.6 is 0 Å². The first kappa shape index (κ1) is 20.9. The summed E-state index contributed by atoms with van der Waals surface area (Å²) in [4.78, 5) is 14.9. The molecule has 0 atom stereocenters. The van der Waals surface area contributed by atoms with Crippen molar-refractivity contribution < 1.29 is 9.53 Å². The first-order valence-corrected chi connectivity index (χ1v) is 11.8. The van der Waals surface area contributed by atoms with Crippen LogP contribution < -0.4 is 5.32 Å². The molecule has 4 rings (SSSR count). The van der Waals surface area contributed by atoms with Gasteiger partial charge >= 0.3 is 0 Å². The first-order chi connectivity index (χ1) is 14.1. The highest BCUT2D eigenvalue weighted by molar-refractivity contribution is 5.76. The molecule has 2 aliphatic heterocycles. The van der Waals surface area contributed by atoms with Crippen LogP contribution in [0.15, 0.2) is 0 Å². The molecule has 1 aromatic rings. The van der Waals surface area contributed by atoms with Gasteiger partial charge < -0.3 is 15.0 Å². The monoisotopic (exact) mass is 402 g/mol. The molecule has 1 N–H and O–H groups in total. The molecule has 1 aromatic heterocycles. The van der Waals surface area contributed by atoms with Gasteiger partial charge in [-0.2, -0.15) is 5.10 Å². The van der Waals surface area contributed by atoms with Crippen molar-refractivity contribution in [1.29, 1.82) is 0 Å². The molecule has 3 aliphatic rings. The summed E-state index contributed by atoms with van der Waals surface area (Å²) >= 11 is 0. The molecule has 6 nitrogen and oxygen atoms in total. The van der Waals surface area contributed by atoms with E-state index in [1.54, 1.807) is 0 Å². The highest BCUT2D eigenvalue weighted by atomic mass is 16.5. The Labute approximate surface area is 175 Å². The van der Waals surface area contributed by atoms with Crippen molar-refractivity contribution in [2.24, 2.45) is 11.8 Å². The molecular weight excluding hydrogens is 364 g/mol. The van der Waals surface area contributed by atoms with Crippen LogP contribution in [0.4, 0.5) is 0 Å². The Balaban J connectivity index is 1.19. The molecule has 2 fully saturated rings. The maximum Gasteiger partial charge on any atom is 0.220 e. The Morgan fingerprint density at radius 2 is 2.00 bits per heavy atom. The van der Waals surface area contributed by atoms with Crippen LogP contribution in [0.1, 0.15) is 69.3 Å². The number of rotatable bonds is 9. The third kappa shape index (κ3) is 5.60. The van der Waals surface area contributed by atoms with Crippen LogP contribution in [0, 0.1) is 11.8 Å². The molecule has 0 spiro atoms. The quantitative estimate of drug-likeness (QED) is 0.690. The normalized spacial score (nSPS) is 20.8. The summed E-state index contributed by atoms with van der Waals surface area (Å²) in [6.45, 7) is 10.3. The predicted octanol–water partition coefficient (Wildman–Crippen LogP) is 2.93. The summed E-state index contributed by atoms with van der Waals surface area (Å²) in [6.07, 6.45) is 8.50. The van der Waals surface area contributed by atoms with Crippen LogP contribution in [0.2, 0.25) is 0 Å². The molecule has 29 heavy (non-hydrogen) atoms. The number of nitrogens with one attached hydrogen (secondary N) is 1. The number of aryl methyl sites for hydroxylation is 1. The highest BCUT2D eigenvalue weighted by Gasteiger charge is 2.27. The standard InChI is InChI=1S/C23H38N4O2/c1-17(2)26-12-8-18(9-13-26)7-11-24-23(28)6-5-21-20-16-29-14-10-22(20)27(25-21)15-19-3-4-19/h17-19H,3-16H2,1-2H3,(H,24,28). The molecule has 3 heterocycles. The van der Waals surface area contributed by atoms with Crippen molar-refractivity contribution in [3.8, 4) is 0 Å². The van der Waals surface area contributed by atoms with E-state index in [1.165, 1.54) is 50.0 Å². The van der Waals surface area contributed by atoms with E-state index in [2.05, 4.69) is 28.7 Å². The van der Waals surface area contributed by atoms with Gasteiger partial charge in [0, 0.05) is 49.7 Å². The van der Waals surface area contributed by atoms with E-state index in [1.807, 2.05) is 0 Å². The van der Waals surface area contributed by atoms with Gasteiger partial charge in [-0.15, -0.1) is 0 Å². The average molecular weight is 403 g/mol. The summed E-state index contributed by atoms with van der Waals surface area (Å²) < 4.78 is 7.89. The number of nitrogens with zero attached hydrogens (tertiary/aromatic N) is 3. The lowest BCUT2D eigenvalue weighted by Gasteiger charge is -2.34. The predicted molar refractivity (Wildman–Crippen MR) is 114 cm³/mol. The van der Waals surface area contributed by atoms with Crippen molar-refractivity contribution in [2.45, 2.75) is 84.4 Å². The zero-order chi connectivity index (χ0) is 20.2. The minimum Gasteiger partial charge on any atom is -0.376 e. The number of hydrogen-bond acceptors (Lipinski definition) is 4. The average Bonchev–Trinajstić information content (AvgIpc) is 3.48. The smallest absolute Gasteiger partial charge is 0.220 e. The van der Waals surface area contributed by atoms with E-state index < -0.39 is 0 Å². The van der Waals surface area contributed by atoms with Gasteiger partial charge in [0.15, 0.2) is 0 Å². The summed E-state index contributed by atoms with van der Waals surface area (Å²) in [5.41, 5.74) is 3.68. The topological polar surface area (TPSA) is 59.4 Å². The number of amides is 1. The fourth-order valence-corrected chi connectivity index (χ4v) is 4.77. The Morgan fingerprint density at radius 3 is 2.72 bits per heavy atom. The third-order valence-corrected chi connectivity index (χ3v) is 6.95. The summed E-state index contributed by atoms with van der Waals surface area (Å²) in [5.74, 6) is 1.73. The number of aromatic nitrogens is 2. The van der Waals surface area contributed by atoms with Gasteiger partial charge in [-0.1, -0.05) is 0 Å². The van der Waals surface area contributed by atoms with Crippen molar-refractivity contribution in [3.63, 3.8) is 0 Å². The summed E-state index contributed by atoms with van der Waals surface area (Å²) in [7, 11) is 0. The highest BCUT2D eigenvalue weighted by Crippen LogP contribution is 2.32. The molecule has 0 bridgehead atoms. The van der Waals surface area contributed by atoms with E-state index in [0.717, 1.165) is 56.5 Å². The van der Waals surface area contributed by atoms with Crippen LogP contribution in [0.25, 0.3) is 0 Å². The number of ether oxygens (including phenoxy) is 1. The van der Waals surface area contributed by atoms with E-state index in [-0.39, 0.29) is 5.91 Å². The van der Waals surface area contributed by atoms with Gasteiger partial charge in [0.1, 0.15) is 0 Å². The number of likely N-dealkylation sites (tertiary alicyclic amines) is 1. The molecule has 1 saturated carbocycles. The lowest BCUT2D eigenvalue weighted by atomic mass is 9.93. The van der Waals surface area contributed by atoms with E-state index in [4.69, 9.17) is 9.84 Å². The van der Waals surface area contributed by atoms with Gasteiger partial charge in [0.25, 0.3) is 0 Å². The molecule has 1 aliphatic carbocycles. The van der Waals surface area contributed by atoms with Crippen molar-refractivity contribution >= 4 is 5.91 Å². The third-order valence-electron chi connectivity index (χ3n) is 6.95. The largest absolute Gasteiger partial charge is 0.376 e. The van der Waals surface area contributed by atoms with Gasteiger partial charge in [-0.05, 0) is 70.9 Å². The molecule has 1 amide bonds. The zero-order valence-electron chi connectivity index (χ0n) is 18.3. The maximum atomic E-state index is 12.4. The van der Waals surface area contributed by atoms with Crippen LogP contribution in [-0.4, -0.2) is 52.9 Å². The SMILES string of the molecule is CC(C)N1CCC(CCNC(=O)CCc2nn(CC3CC3)c3c2COCC3)CC1. The minimum atomic E-state index is 0.159. The van der Waals surface area contributed by atoms with Gasteiger partial charge in [0.2, 0.25) is 5.91 Å². The molecule has 1 saturated heterocycles. The zero-order valence-corrected chi connectivity index (χ0v) is 18.3. The molecule has 162 valence electrons. The van der Waals surface area contributed by atoms with E-state index in [9.17, 15) is 4.79 Å². The number of carbonyl (C=O) groups is 1. The molecule has 6 heteroatoms. The lowest BCUT2D eigenvalue weighted by Crippen LogP contribution is -2.39. The molecule has 0 unspecified atom stereocenters. The second-order valence-corrected chi connectivity index (χ2v) is 9.51. The Hall–Kier alpha value is -1.40. The van der Waals surface area contributed by atoms with Gasteiger partial charge in [0.05, 0.1) is 18.9 Å². The van der Waals surface area contributed by atoms with E-state index >= 15 is 0 Å². The number of carbonyl (C=O) groups excluding carboxylic acids is 1. The van der Waals surface area contributed by atoms with Crippen LogP contribution in [-0.2, 0) is 35.5 Å².